The molecule has 0 saturated carbocycles. The van der Waals surface area contributed by atoms with Crippen molar-refractivity contribution in [1.29, 1.82) is 0 Å². The molecule has 1 heterocycles. The maximum absolute atomic E-state index is 11.2. The summed E-state index contributed by atoms with van der Waals surface area (Å²) in [6.07, 6.45) is -1.53. The minimum Gasteiger partial charge on any atom is -0.465 e. The van der Waals surface area contributed by atoms with Crippen LogP contribution in [0.2, 0.25) is 0 Å². The lowest BCUT2D eigenvalue weighted by molar-refractivity contribution is 0.143. The fourth-order valence-electron chi connectivity index (χ4n) is 1.56. The van der Waals surface area contributed by atoms with Crippen molar-refractivity contribution in [3.63, 3.8) is 0 Å². The van der Waals surface area contributed by atoms with Gasteiger partial charge in [-0.1, -0.05) is 0 Å². The molecule has 0 spiro atoms. The van der Waals surface area contributed by atoms with Crippen LogP contribution in [0.3, 0.4) is 0 Å². The van der Waals surface area contributed by atoms with Gasteiger partial charge in [-0.2, -0.15) is 0 Å². The summed E-state index contributed by atoms with van der Waals surface area (Å²) in [5, 5.41) is 10.8. The van der Waals surface area contributed by atoms with Crippen LogP contribution in [0.4, 0.5) is 21.0 Å². The van der Waals surface area contributed by atoms with Crippen LogP contribution in [-0.4, -0.2) is 24.3 Å². The number of anilines is 2. The van der Waals surface area contributed by atoms with Gasteiger partial charge < -0.3 is 9.84 Å². The van der Waals surface area contributed by atoms with E-state index in [0.29, 0.717) is 5.69 Å². The van der Waals surface area contributed by atoms with E-state index in [-0.39, 0.29) is 6.61 Å². The van der Waals surface area contributed by atoms with E-state index >= 15 is 0 Å². The summed E-state index contributed by atoms with van der Waals surface area (Å²) in [6.45, 7) is 0.160. The molecule has 0 aromatic heterocycles. The Morgan fingerprint density at radius 3 is 3.00 bits per heavy atom. The third-order valence-corrected chi connectivity index (χ3v) is 2.32. The van der Waals surface area contributed by atoms with Crippen molar-refractivity contribution < 1.29 is 19.4 Å². The molecular formula is C10H10N2O4. The Labute approximate surface area is 91.4 Å². The molecule has 1 aliphatic heterocycles. The van der Waals surface area contributed by atoms with Gasteiger partial charge in [0.25, 0.3) is 0 Å². The summed E-state index contributed by atoms with van der Waals surface area (Å²) in [6, 6.07) is 4.93. The van der Waals surface area contributed by atoms with Crippen molar-refractivity contribution in [2.75, 3.05) is 17.3 Å². The van der Waals surface area contributed by atoms with Crippen molar-refractivity contribution in [2.24, 2.45) is 0 Å². The summed E-state index contributed by atoms with van der Waals surface area (Å²) in [5.74, 6) is 0. The first kappa shape index (κ1) is 10.3. The number of benzene rings is 1. The van der Waals surface area contributed by atoms with Gasteiger partial charge >= 0.3 is 12.2 Å². The molecule has 6 nitrogen and oxygen atoms in total. The standard InChI is InChI=1S/C10H10N2O4/c1-12-8-3-2-7(11-9(13)14)4-6(8)5-16-10(12)15/h2-4,11H,5H2,1H3,(H,13,14). The largest absolute Gasteiger partial charge is 0.465 e. The van der Waals surface area contributed by atoms with E-state index in [1.165, 1.54) is 4.90 Å². The third-order valence-electron chi connectivity index (χ3n) is 2.32. The first-order chi connectivity index (χ1) is 7.58. The van der Waals surface area contributed by atoms with E-state index in [9.17, 15) is 9.59 Å². The number of carbonyl (C=O) groups is 2. The van der Waals surface area contributed by atoms with E-state index in [4.69, 9.17) is 9.84 Å². The number of carboxylic acid groups (broad SMARTS) is 1. The molecule has 2 rings (SSSR count). The van der Waals surface area contributed by atoms with Crippen molar-refractivity contribution in [2.45, 2.75) is 6.61 Å². The summed E-state index contributed by atoms with van der Waals surface area (Å²) < 4.78 is 4.89. The van der Waals surface area contributed by atoms with E-state index in [2.05, 4.69) is 5.32 Å². The van der Waals surface area contributed by atoms with Gasteiger partial charge in [-0.3, -0.25) is 10.2 Å². The molecule has 1 aromatic carbocycles. The highest BCUT2D eigenvalue weighted by atomic mass is 16.6. The Kier molecular flexibility index (Phi) is 2.40. The van der Waals surface area contributed by atoms with Gasteiger partial charge in [0.05, 0.1) is 5.69 Å². The molecule has 0 atom stereocenters. The van der Waals surface area contributed by atoms with Crippen molar-refractivity contribution in [3.05, 3.63) is 23.8 Å². The molecule has 2 N–H and O–H groups in total. The smallest absolute Gasteiger partial charge is 0.414 e. The zero-order valence-electron chi connectivity index (χ0n) is 8.56. The molecule has 0 bridgehead atoms. The van der Waals surface area contributed by atoms with Gasteiger partial charge in [0.1, 0.15) is 6.61 Å². The average Bonchev–Trinajstić information content (AvgIpc) is 2.23. The second-order valence-corrected chi connectivity index (χ2v) is 3.39. The highest BCUT2D eigenvalue weighted by Gasteiger charge is 2.22. The predicted molar refractivity (Wildman–Crippen MR) is 56.7 cm³/mol. The Morgan fingerprint density at radius 2 is 2.31 bits per heavy atom. The number of amides is 2. The van der Waals surface area contributed by atoms with Crippen molar-refractivity contribution in [1.82, 2.24) is 0 Å². The highest BCUT2D eigenvalue weighted by Crippen LogP contribution is 2.28. The molecule has 1 aliphatic rings. The Morgan fingerprint density at radius 1 is 1.56 bits per heavy atom. The van der Waals surface area contributed by atoms with Crippen LogP contribution in [0.1, 0.15) is 5.56 Å². The van der Waals surface area contributed by atoms with E-state index in [0.717, 1.165) is 11.3 Å². The van der Waals surface area contributed by atoms with E-state index < -0.39 is 12.2 Å². The van der Waals surface area contributed by atoms with Gasteiger partial charge in [0.15, 0.2) is 0 Å². The molecule has 1 aromatic rings. The number of nitrogens with zero attached hydrogens (tertiary/aromatic N) is 1. The first-order valence-electron chi connectivity index (χ1n) is 4.61. The lowest BCUT2D eigenvalue weighted by atomic mass is 10.1. The Hall–Kier alpha value is -2.24. The van der Waals surface area contributed by atoms with Crippen LogP contribution < -0.4 is 10.2 Å². The molecule has 84 valence electrons. The van der Waals surface area contributed by atoms with Crippen LogP contribution in [0, 0.1) is 0 Å². The number of fused-ring (bicyclic) bond motifs is 1. The van der Waals surface area contributed by atoms with Crippen LogP contribution in [0.15, 0.2) is 18.2 Å². The summed E-state index contributed by atoms with van der Waals surface area (Å²) in [4.78, 5) is 23.0. The number of ether oxygens (including phenoxy) is 1. The first-order valence-corrected chi connectivity index (χ1v) is 4.61. The van der Waals surface area contributed by atoms with E-state index in [1.807, 2.05) is 0 Å². The zero-order chi connectivity index (χ0) is 11.7. The lowest BCUT2D eigenvalue weighted by Crippen LogP contribution is -2.31. The van der Waals surface area contributed by atoms with Crippen LogP contribution in [-0.2, 0) is 11.3 Å². The number of carbonyl (C=O) groups excluding carboxylic acids is 1. The van der Waals surface area contributed by atoms with Crippen molar-refractivity contribution >= 4 is 23.6 Å². The topological polar surface area (TPSA) is 78.9 Å². The monoisotopic (exact) mass is 222 g/mol. The fraction of sp³-hybridized carbons (Fsp3) is 0.200. The predicted octanol–water partition coefficient (Wildman–Crippen LogP) is 1.86. The van der Waals surface area contributed by atoms with Crippen LogP contribution in [0.5, 0.6) is 0 Å². The quantitative estimate of drug-likeness (QED) is 0.760. The Balaban J connectivity index is 2.33. The average molecular weight is 222 g/mol. The minimum absolute atomic E-state index is 0.160. The lowest BCUT2D eigenvalue weighted by Gasteiger charge is -2.25. The number of hydrogen-bond acceptors (Lipinski definition) is 3. The Bertz CT molecular complexity index is 458. The van der Waals surface area contributed by atoms with Gasteiger partial charge in [-0.05, 0) is 18.2 Å². The molecule has 16 heavy (non-hydrogen) atoms. The zero-order valence-corrected chi connectivity index (χ0v) is 8.56. The van der Waals surface area contributed by atoms with Gasteiger partial charge in [0.2, 0.25) is 0 Å². The minimum atomic E-state index is -1.12. The molecule has 2 amide bonds. The third kappa shape index (κ3) is 1.77. The molecule has 0 saturated heterocycles. The van der Waals surface area contributed by atoms with Gasteiger partial charge in [-0.25, -0.2) is 9.59 Å². The van der Waals surface area contributed by atoms with E-state index in [1.54, 1.807) is 25.2 Å². The highest BCUT2D eigenvalue weighted by molar-refractivity contribution is 5.91. The summed E-state index contributed by atoms with van der Waals surface area (Å²) in [5.41, 5.74) is 1.96. The molecule has 0 radical (unpaired) electrons. The maximum atomic E-state index is 11.2. The summed E-state index contributed by atoms with van der Waals surface area (Å²) in [7, 11) is 1.60. The maximum Gasteiger partial charge on any atom is 0.414 e. The second kappa shape index (κ2) is 3.73. The normalized spacial score (nSPS) is 14.1. The number of nitrogens with one attached hydrogen (secondary N) is 1. The molecule has 0 aliphatic carbocycles. The van der Waals surface area contributed by atoms with Crippen molar-refractivity contribution in [3.8, 4) is 0 Å². The van der Waals surface area contributed by atoms with Gasteiger partial charge in [0, 0.05) is 18.3 Å². The second-order valence-electron chi connectivity index (χ2n) is 3.39. The SMILES string of the molecule is CN1C(=O)OCc2cc(NC(=O)O)ccc21. The fourth-order valence-corrected chi connectivity index (χ4v) is 1.56. The van der Waals surface area contributed by atoms with Gasteiger partial charge in [-0.15, -0.1) is 0 Å². The molecular weight excluding hydrogens is 212 g/mol. The number of rotatable bonds is 1. The number of cyclic esters (lactones) is 1. The molecule has 0 unspecified atom stereocenters. The molecule has 0 fully saturated rings. The van der Waals surface area contributed by atoms with Crippen LogP contribution >= 0.6 is 0 Å². The van der Waals surface area contributed by atoms with Crippen LogP contribution in [0.25, 0.3) is 0 Å². The summed E-state index contributed by atoms with van der Waals surface area (Å²) >= 11 is 0. The number of hydrogen-bond donors (Lipinski definition) is 2. The molecule has 6 heteroatoms.